The molecule has 0 bridgehead atoms. The maximum absolute atomic E-state index is 12.8. The number of hydrogen-bond donors (Lipinski definition) is 1. The first kappa shape index (κ1) is 17.1. The Morgan fingerprint density at radius 3 is 2.40 bits per heavy atom. The van der Waals surface area contributed by atoms with Gasteiger partial charge in [-0.15, -0.1) is 0 Å². The van der Waals surface area contributed by atoms with Crippen molar-refractivity contribution in [1.29, 1.82) is 0 Å². The van der Waals surface area contributed by atoms with E-state index in [-0.39, 0.29) is 17.4 Å². The molecule has 6 nitrogen and oxygen atoms in total. The molecule has 0 saturated heterocycles. The Morgan fingerprint density at radius 2 is 1.95 bits per heavy atom. The highest BCUT2D eigenvalue weighted by Crippen LogP contribution is 2.24. The average molecular weight is 303 g/mol. The van der Waals surface area contributed by atoms with Crippen molar-refractivity contribution in [2.45, 2.75) is 46.1 Å². The summed E-state index contributed by atoms with van der Waals surface area (Å²) in [5.74, 6) is 0.262. The van der Waals surface area contributed by atoms with Crippen LogP contribution in [0.5, 0.6) is 0 Å². The number of hydrogen-bond acceptors (Lipinski definition) is 4. The monoisotopic (exact) mass is 303 g/mol. The fourth-order valence-corrected chi connectivity index (χ4v) is 4.29. The number of aryl methyl sites for hydroxylation is 1. The van der Waals surface area contributed by atoms with Gasteiger partial charge < -0.3 is 5.11 Å². The SMILES string of the molecule is CCN(CC(C)C)S(=O)(=O)c1c(C)nn(CCO)c1C. The maximum Gasteiger partial charge on any atom is 0.246 e. The molecule has 1 N–H and O–H groups in total. The summed E-state index contributed by atoms with van der Waals surface area (Å²) in [7, 11) is -3.54. The first-order chi connectivity index (χ1) is 9.25. The summed E-state index contributed by atoms with van der Waals surface area (Å²) in [5, 5.41) is 13.2. The zero-order chi connectivity index (χ0) is 15.5. The third-order valence-corrected chi connectivity index (χ3v) is 5.34. The van der Waals surface area contributed by atoms with Gasteiger partial charge in [0.1, 0.15) is 4.90 Å². The Bertz CT molecular complexity index is 549. The zero-order valence-corrected chi connectivity index (χ0v) is 13.7. The highest BCUT2D eigenvalue weighted by atomic mass is 32.2. The minimum absolute atomic E-state index is 0.0645. The van der Waals surface area contributed by atoms with E-state index in [1.165, 1.54) is 4.31 Å². The van der Waals surface area contributed by atoms with E-state index in [0.717, 1.165) is 0 Å². The minimum atomic E-state index is -3.54. The van der Waals surface area contributed by atoms with Crippen LogP contribution in [0, 0.1) is 19.8 Å². The van der Waals surface area contributed by atoms with Gasteiger partial charge in [0.2, 0.25) is 10.0 Å². The summed E-state index contributed by atoms with van der Waals surface area (Å²) in [5.41, 5.74) is 1.07. The maximum atomic E-state index is 12.8. The van der Waals surface area contributed by atoms with E-state index in [0.29, 0.717) is 31.0 Å². The van der Waals surface area contributed by atoms with Crippen molar-refractivity contribution in [2.24, 2.45) is 5.92 Å². The van der Waals surface area contributed by atoms with Crippen molar-refractivity contribution < 1.29 is 13.5 Å². The molecule has 0 aliphatic rings. The fourth-order valence-electron chi connectivity index (χ4n) is 2.30. The number of aliphatic hydroxyl groups excluding tert-OH is 1. The first-order valence-corrected chi connectivity index (χ1v) is 8.34. The van der Waals surface area contributed by atoms with Crippen molar-refractivity contribution in [2.75, 3.05) is 19.7 Å². The molecule has 0 unspecified atom stereocenters. The second kappa shape index (κ2) is 6.69. The summed E-state index contributed by atoms with van der Waals surface area (Å²) < 4.78 is 28.6. The lowest BCUT2D eigenvalue weighted by molar-refractivity contribution is 0.267. The van der Waals surface area contributed by atoms with Crippen LogP contribution in [0.3, 0.4) is 0 Å². The molecule has 1 aromatic heterocycles. The number of aliphatic hydroxyl groups is 1. The third kappa shape index (κ3) is 3.39. The van der Waals surface area contributed by atoms with Crippen molar-refractivity contribution in [3.63, 3.8) is 0 Å². The van der Waals surface area contributed by atoms with Crippen molar-refractivity contribution in [3.8, 4) is 0 Å². The molecule has 1 rings (SSSR count). The molecule has 0 atom stereocenters. The molecule has 1 aromatic rings. The van der Waals surface area contributed by atoms with E-state index in [1.807, 2.05) is 20.8 Å². The molecule has 0 aliphatic carbocycles. The zero-order valence-electron chi connectivity index (χ0n) is 12.9. The predicted molar refractivity (Wildman–Crippen MR) is 78.1 cm³/mol. The number of rotatable bonds is 7. The summed E-state index contributed by atoms with van der Waals surface area (Å²) in [6.45, 7) is 10.4. The first-order valence-electron chi connectivity index (χ1n) is 6.90. The normalized spacial score (nSPS) is 12.6. The van der Waals surface area contributed by atoms with E-state index in [9.17, 15) is 8.42 Å². The number of aromatic nitrogens is 2. The number of nitrogens with zero attached hydrogens (tertiary/aromatic N) is 3. The number of sulfonamides is 1. The topological polar surface area (TPSA) is 75.4 Å². The molecule has 0 spiro atoms. The van der Waals surface area contributed by atoms with E-state index in [1.54, 1.807) is 18.5 Å². The summed E-state index contributed by atoms with van der Waals surface area (Å²) in [6, 6.07) is 0. The molecular formula is C13H25N3O3S. The van der Waals surface area contributed by atoms with Crippen LogP contribution in [-0.4, -0.2) is 47.3 Å². The molecule has 7 heteroatoms. The standard InChI is InChI=1S/C13H25N3O3S/c1-6-15(9-10(2)3)20(18,19)13-11(4)14-16(7-8-17)12(13)5/h10,17H,6-9H2,1-5H3. The van der Waals surface area contributed by atoms with E-state index in [2.05, 4.69) is 5.10 Å². The molecule has 0 saturated carbocycles. The van der Waals surface area contributed by atoms with Crippen LogP contribution in [0.2, 0.25) is 0 Å². The van der Waals surface area contributed by atoms with Crippen LogP contribution < -0.4 is 0 Å². The van der Waals surface area contributed by atoms with Crippen LogP contribution in [0.1, 0.15) is 32.2 Å². The average Bonchev–Trinajstić information content (AvgIpc) is 2.62. The van der Waals surface area contributed by atoms with E-state index >= 15 is 0 Å². The van der Waals surface area contributed by atoms with E-state index in [4.69, 9.17) is 5.11 Å². The summed E-state index contributed by atoms with van der Waals surface area (Å²) >= 11 is 0. The minimum Gasteiger partial charge on any atom is -0.394 e. The predicted octanol–water partition coefficient (Wildman–Crippen LogP) is 1.16. The quantitative estimate of drug-likeness (QED) is 0.820. The Hall–Kier alpha value is -0.920. The Labute approximate surface area is 121 Å². The van der Waals surface area contributed by atoms with Gasteiger partial charge in [0, 0.05) is 13.1 Å². The molecule has 116 valence electrons. The summed E-state index contributed by atoms with van der Waals surface area (Å²) in [6.07, 6.45) is 0. The van der Waals surface area contributed by atoms with Crippen LogP contribution in [0.15, 0.2) is 4.90 Å². The summed E-state index contributed by atoms with van der Waals surface area (Å²) in [4.78, 5) is 0.272. The molecule has 20 heavy (non-hydrogen) atoms. The van der Waals surface area contributed by atoms with Gasteiger partial charge in [0.15, 0.2) is 0 Å². The Kier molecular flexibility index (Phi) is 5.73. The highest BCUT2D eigenvalue weighted by molar-refractivity contribution is 7.89. The molecule has 1 heterocycles. The molecule has 0 amide bonds. The van der Waals surface area contributed by atoms with Crippen LogP contribution in [-0.2, 0) is 16.6 Å². The molecular weight excluding hydrogens is 278 g/mol. The van der Waals surface area contributed by atoms with Gasteiger partial charge in [-0.25, -0.2) is 8.42 Å². The van der Waals surface area contributed by atoms with Gasteiger partial charge in [-0.05, 0) is 19.8 Å². The van der Waals surface area contributed by atoms with Crippen molar-refractivity contribution >= 4 is 10.0 Å². The largest absolute Gasteiger partial charge is 0.394 e. The van der Waals surface area contributed by atoms with Crippen LogP contribution in [0.25, 0.3) is 0 Å². The molecule has 0 aromatic carbocycles. The molecule has 0 aliphatic heterocycles. The van der Waals surface area contributed by atoms with Gasteiger partial charge in [-0.3, -0.25) is 4.68 Å². The third-order valence-electron chi connectivity index (χ3n) is 3.15. The van der Waals surface area contributed by atoms with Gasteiger partial charge in [-0.2, -0.15) is 9.40 Å². The molecule has 0 fully saturated rings. The van der Waals surface area contributed by atoms with E-state index < -0.39 is 10.0 Å². The molecule has 0 radical (unpaired) electrons. The highest BCUT2D eigenvalue weighted by Gasteiger charge is 2.30. The van der Waals surface area contributed by atoms with Gasteiger partial charge in [0.05, 0.1) is 24.5 Å². The fraction of sp³-hybridized carbons (Fsp3) is 0.769. The van der Waals surface area contributed by atoms with Gasteiger partial charge in [0.25, 0.3) is 0 Å². The van der Waals surface area contributed by atoms with Crippen molar-refractivity contribution in [1.82, 2.24) is 14.1 Å². The second-order valence-corrected chi connectivity index (χ2v) is 7.17. The Morgan fingerprint density at radius 1 is 1.35 bits per heavy atom. The lowest BCUT2D eigenvalue weighted by Crippen LogP contribution is -2.34. The second-order valence-electron chi connectivity index (χ2n) is 5.30. The van der Waals surface area contributed by atoms with Crippen LogP contribution in [0.4, 0.5) is 0 Å². The van der Waals surface area contributed by atoms with Gasteiger partial charge >= 0.3 is 0 Å². The lowest BCUT2D eigenvalue weighted by Gasteiger charge is -2.22. The van der Waals surface area contributed by atoms with Crippen molar-refractivity contribution in [3.05, 3.63) is 11.4 Å². The smallest absolute Gasteiger partial charge is 0.246 e. The Balaban J connectivity index is 3.27. The lowest BCUT2D eigenvalue weighted by atomic mass is 10.2. The van der Waals surface area contributed by atoms with Gasteiger partial charge in [-0.1, -0.05) is 20.8 Å². The van der Waals surface area contributed by atoms with Crippen LogP contribution >= 0.6 is 0 Å².